The van der Waals surface area contributed by atoms with Crippen LogP contribution in [0.4, 0.5) is 5.69 Å². The van der Waals surface area contributed by atoms with Crippen LogP contribution in [0.1, 0.15) is 19.4 Å². The smallest absolute Gasteiger partial charge is 0.331 e. The second-order valence-corrected chi connectivity index (χ2v) is 6.13. The average molecular weight is 404 g/mol. The Labute approximate surface area is 169 Å². The lowest BCUT2D eigenvalue weighted by Gasteiger charge is -2.13. The Hall–Kier alpha value is -2.99. The highest BCUT2D eigenvalue weighted by Gasteiger charge is 2.17. The van der Waals surface area contributed by atoms with Crippen LogP contribution in [0.5, 0.6) is 11.5 Å². The van der Waals surface area contributed by atoms with E-state index >= 15 is 0 Å². The van der Waals surface area contributed by atoms with Crippen molar-refractivity contribution in [1.29, 1.82) is 0 Å². The van der Waals surface area contributed by atoms with E-state index in [-0.39, 0.29) is 0 Å². The highest BCUT2D eigenvalue weighted by atomic mass is 35.5. The van der Waals surface area contributed by atoms with E-state index in [2.05, 4.69) is 5.32 Å². The van der Waals surface area contributed by atoms with E-state index in [1.54, 1.807) is 55.7 Å². The number of esters is 1. The molecular weight excluding hydrogens is 382 g/mol. The second-order valence-electron chi connectivity index (χ2n) is 5.72. The molecule has 0 aromatic heterocycles. The lowest BCUT2D eigenvalue weighted by molar-refractivity contribution is -0.148. The third kappa shape index (κ3) is 6.03. The molecule has 0 fully saturated rings. The Morgan fingerprint density at radius 1 is 1.18 bits per heavy atom. The number of hydrogen-bond donors (Lipinski definition) is 1. The normalized spacial score (nSPS) is 11.7. The third-order valence-electron chi connectivity index (χ3n) is 3.69. The van der Waals surface area contributed by atoms with E-state index in [0.717, 1.165) is 5.56 Å². The number of methoxy groups -OCH3 is 1. The Kier molecular flexibility index (Phi) is 7.89. The van der Waals surface area contributed by atoms with Crippen molar-refractivity contribution in [2.75, 3.05) is 19.0 Å². The minimum Gasteiger partial charge on any atom is -0.493 e. The fourth-order valence-electron chi connectivity index (χ4n) is 2.29. The van der Waals surface area contributed by atoms with Crippen LogP contribution in [0.15, 0.2) is 48.5 Å². The van der Waals surface area contributed by atoms with Gasteiger partial charge in [-0.2, -0.15) is 0 Å². The molecule has 148 valence electrons. The molecule has 0 radical (unpaired) electrons. The van der Waals surface area contributed by atoms with Crippen LogP contribution in [0.25, 0.3) is 6.08 Å². The summed E-state index contributed by atoms with van der Waals surface area (Å²) >= 11 is 6.00. The molecule has 0 saturated heterocycles. The molecule has 0 heterocycles. The van der Waals surface area contributed by atoms with E-state index in [4.69, 9.17) is 25.8 Å². The first-order valence-electron chi connectivity index (χ1n) is 8.69. The minimum absolute atomic E-state index is 0.402. The largest absolute Gasteiger partial charge is 0.493 e. The number of rotatable bonds is 8. The zero-order valence-corrected chi connectivity index (χ0v) is 16.7. The summed E-state index contributed by atoms with van der Waals surface area (Å²) in [5.74, 6) is 0.0618. The molecule has 0 bridgehead atoms. The van der Waals surface area contributed by atoms with Crippen molar-refractivity contribution in [2.45, 2.75) is 20.0 Å². The standard InChI is InChI=1S/C21H22ClNO5/c1-4-27-18-11-9-15(13-19(18)26-3)10-12-20(24)28-14(2)21(25)23-17-8-6-5-7-16(17)22/h5-14H,4H2,1-3H3,(H,23,25)/b12-10+/t14-/m0/s1. The van der Waals surface area contributed by atoms with Crippen LogP contribution in [0.3, 0.4) is 0 Å². The average Bonchev–Trinajstić information content (AvgIpc) is 2.69. The van der Waals surface area contributed by atoms with Gasteiger partial charge >= 0.3 is 5.97 Å². The summed E-state index contributed by atoms with van der Waals surface area (Å²) in [6.45, 7) is 3.89. The molecule has 0 aliphatic rings. The van der Waals surface area contributed by atoms with Crippen molar-refractivity contribution in [3.63, 3.8) is 0 Å². The number of carbonyl (C=O) groups excluding carboxylic acids is 2. The predicted molar refractivity (Wildman–Crippen MR) is 109 cm³/mol. The molecule has 0 aliphatic carbocycles. The van der Waals surface area contributed by atoms with Crippen molar-refractivity contribution < 1.29 is 23.8 Å². The molecule has 1 amide bonds. The summed E-state index contributed by atoms with van der Waals surface area (Å²) in [6.07, 6.45) is 1.83. The zero-order chi connectivity index (χ0) is 20.5. The molecule has 0 spiro atoms. The lowest BCUT2D eigenvalue weighted by Crippen LogP contribution is -2.29. The van der Waals surface area contributed by atoms with Gasteiger partial charge in [0.15, 0.2) is 17.6 Å². The van der Waals surface area contributed by atoms with Gasteiger partial charge < -0.3 is 19.5 Å². The molecule has 2 aromatic carbocycles. The van der Waals surface area contributed by atoms with Gasteiger partial charge in [0.2, 0.25) is 0 Å². The van der Waals surface area contributed by atoms with Crippen LogP contribution in [0.2, 0.25) is 5.02 Å². The van der Waals surface area contributed by atoms with Crippen molar-refractivity contribution in [2.24, 2.45) is 0 Å². The summed E-state index contributed by atoms with van der Waals surface area (Å²) in [6, 6.07) is 12.1. The number of carbonyl (C=O) groups is 2. The van der Waals surface area contributed by atoms with Gasteiger partial charge in [-0.05, 0) is 49.8 Å². The van der Waals surface area contributed by atoms with E-state index in [9.17, 15) is 9.59 Å². The van der Waals surface area contributed by atoms with E-state index < -0.39 is 18.0 Å². The quantitative estimate of drug-likeness (QED) is 0.524. The first kappa shape index (κ1) is 21.3. The van der Waals surface area contributed by atoms with Crippen molar-refractivity contribution >= 4 is 35.2 Å². The summed E-state index contributed by atoms with van der Waals surface area (Å²) in [4.78, 5) is 24.2. The molecular formula is C21H22ClNO5. The lowest BCUT2D eigenvalue weighted by atomic mass is 10.2. The monoisotopic (exact) mass is 403 g/mol. The van der Waals surface area contributed by atoms with Crippen LogP contribution in [-0.2, 0) is 14.3 Å². The SMILES string of the molecule is CCOc1ccc(/C=C/C(=O)O[C@@H](C)C(=O)Nc2ccccc2Cl)cc1OC. The summed E-state index contributed by atoms with van der Waals surface area (Å²) in [5.41, 5.74) is 1.18. The summed E-state index contributed by atoms with van der Waals surface area (Å²) in [7, 11) is 1.54. The Balaban J connectivity index is 1.95. The number of ether oxygens (including phenoxy) is 3. The summed E-state index contributed by atoms with van der Waals surface area (Å²) in [5, 5.41) is 3.02. The number of halogens is 1. The number of para-hydroxylation sites is 1. The molecule has 0 unspecified atom stereocenters. The van der Waals surface area contributed by atoms with E-state index in [0.29, 0.717) is 28.8 Å². The van der Waals surface area contributed by atoms with Gasteiger partial charge in [-0.15, -0.1) is 0 Å². The first-order chi connectivity index (χ1) is 13.4. The number of benzene rings is 2. The van der Waals surface area contributed by atoms with Gasteiger partial charge in [0.25, 0.3) is 5.91 Å². The van der Waals surface area contributed by atoms with E-state index in [1.807, 2.05) is 6.92 Å². The second kappa shape index (κ2) is 10.4. The van der Waals surface area contributed by atoms with Gasteiger partial charge in [-0.3, -0.25) is 4.79 Å². The van der Waals surface area contributed by atoms with E-state index in [1.165, 1.54) is 13.0 Å². The Morgan fingerprint density at radius 2 is 1.93 bits per heavy atom. The number of nitrogens with one attached hydrogen (secondary N) is 1. The maximum absolute atomic E-state index is 12.2. The predicted octanol–water partition coefficient (Wildman–Crippen LogP) is 4.33. The van der Waals surface area contributed by atoms with Gasteiger partial charge in [0, 0.05) is 6.08 Å². The molecule has 2 rings (SSSR count). The molecule has 1 atom stereocenters. The number of hydrogen-bond acceptors (Lipinski definition) is 5. The van der Waals surface area contributed by atoms with Crippen LogP contribution in [0, 0.1) is 0 Å². The summed E-state index contributed by atoms with van der Waals surface area (Å²) < 4.78 is 15.8. The third-order valence-corrected chi connectivity index (χ3v) is 4.02. The molecule has 1 N–H and O–H groups in total. The van der Waals surface area contributed by atoms with Crippen LogP contribution >= 0.6 is 11.6 Å². The van der Waals surface area contributed by atoms with Gasteiger partial charge in [0.05, 0.1) is 24.4 Å². The first-order valence-corrected chi connectivity index (χ1v) is 9.07. The Bertz CT molecular complexity index is 866. The fourth-order valence-corrected chi connectivity index (χ4v) is 2.47. The molecule has 0 saturated carbocycles. The maximum Gasteiger partial charge on any atom is 0.331 e. The minimum atomic E-state index is -0.983. The number of anilines is 1. The van der Waals surface area contributed by atoms with Crippen molar-refractivity contribution in [3.05, 3.63) is 59.1 Å². The molecule has 6 nitrogen and oxygen atoms in total. The van der Waals surface area contributed by atoms with Gasteiger partial charge in [0.1, 0.15) is 0 Å². The zero-order valence-electron chi connectivity index (χ0n) is 15.9. The topological polar surface area (TPSA) is 73.9 Å². The molecule has 0 aliphatic heterocycles. The van der Waals surface area contributed by atoms with Gasteiger partial charge in [-0.1, -0.05) is 29.8 Å². The highest BCUT2D eigenvalue weighted by molar-refractivity contribution is 6.33. The van der Waals surface area contributed by atoms with Crippen LogP contribution in [-0.4, -0.2) is 31.7 Å². The molecule has 2 aromatic rings. The maximum atomic E-state index is 12.2. The van der Waals surface area contributed by atoms with Crippen molar-refractivity contribution in [3.8, 4) is 11.5 Å². The molecule has 28 heavy (non-hydrogen) atoms. The van der Waals surface area contributed by atoms with Crippen LogP contribution < -0.4 is 14.8 Å². The highest BCUT2D eigenvalue weighted by Crippen LogP contribution is 2.28. The fraction of sp³-hybridized carbons (Fsp3) is 0.238. The van der Waals surface area contributed by atoms with Crippen molar-refractivity contribution in [1.82, 2.24) is 0 Å². The molecule has 7 heteroatoms. The number of amides is 1. The van der Waals surface area contributed by atoms with Gasteiger partial charge in [-0.25, -0.2) is 4.79 Å². The Morgan fingerprint density at radius 3 is 2.61 bits per heavy atom.